The molecule has 0 aliphatic heterocycles. The van der Waals surface area contributed by atoms with Crippen LogP contribution in [0.1, 0.15) is 34.5 Å². The first-order valence-corrected chi connectivity index (χ1v) is 9.82. The minimum atomic E-state index is 0.706. The number of nitriles is 1. The molecule has 2 aromatic carbocycles. The number of aryl methyl sites for hydroxylation is 1. The van der Waals surface area contributed by atoms with E-state index in [1.54, 1.807) is 0 Å². The van der Waals surface area contributed by atoms with Crippen molar-refractivity contribution >= 4 is 11.0 Å². The number of pyridine rings is 1. The van der Waals surface area contributed by atoms with Crippen LogP contribution in [-0.4, -0.2) is 9.55 Å². The molecule has 0 N–H and O–H groups in total. The summed E-state index contributed by atoms with van der Waals surface area (Å²) in [5, 5.41) is 9.90. The molecule has 0 spiro atoms. The van der Waals surface area contributed by atoms with Gasteiger partial charge in [0.15, 0.2) is 0 Å². The Balaban J connectivity index is 1.88. The third kappa shape index (κ3) is 2.53. The summed E-state index contributed by atoms with van der Waals surface area (Å²) < 4.78 is 2.29. The van der Waals surface area contributed by atoms with Crippen molar-refractivity contribution in [2.24, 2.45) is 0 Å². The predicted molar refractivity (Wildman–Crippen MR) is 112 cm³/mol. The van der Waals surface area contributed by atoms with Gasteiger partial charge < -0.3 is 4.57 Å². The average Bonchev–Trinajstić information content (AvgIpc) is 3.30. The highest BCUT2D eigenvalue weighted by Gasteiger charge is 2.26. The number of hydrogen-bond acceptors (Lipinski definition) is 2. The molecule has 0 amide bonds. The fourth-order valence-corrected chi connectivity index (χ4v) is 4.49. The van der Waals surface area contributed by atoms with E-state index in [0.29, 0.717) is 5.56 Å². The Morgan fingerprint density at radius 1 is 1.00 bits per heavy atom. The van der Waals surface area contributed by atoms with Crippen LogP contribution in [0, 0.1) is 18.3 Å². The fourth-order valence-electron chi connectivity index (χ4n) is 4.49. The second-order valence-corrected chi connectivity index (χ2v) is 7.47. The maximum Gasteiger partial charge on any atom is 0.107 e. The third-order valence-electron chi connectivity index (χ3n) is 5.83. The van der Waals surface area contributed by atoms with Crippen LogP contribution in [0.5, 0.6) is 0 Å². The Kier molecular flexibility index (Phi) is 3.98. The second-order valence-electron chi connectivity index (χ2n) is 7.47. The molecular formula is C25H21N3. The van der Waals surface area contributed by atoms with Crippen LogP contribution in [0.25, 0.3) is 22.2 Å². The van der Waals surface area contributed by atoms with Crippen molar-refractivity contribution in [1.82, 2.24) is 9.55 Å². The molecule has 2 aromatic heterocycles. The Morgan fingerprint density at radius 2 is 1.71 bits per heavy atom. The van der Waals surface area contributed by atoms with Crippen molar-refractivity contribution in [1.29, 1.82) is 5.26 Å². The standard InChI is InChI=1S/C25H21N3/c1-17-21(15-26)24-25(28(17)16-18-9-4-2-5-10-18)23(19-11-6-3-7-12-19)20-13-8-14-22(20)27-24/h2-7,9-12H,8,13-14,16H2,1H3. The van der Waals surface area contributed by atoms with E-state index in [1.807, 2.05) is 13.0 Å². The lowest BCUT2D eigenvalue weighted by atomic mass is 9.97. The van der Waals surface area contributed by atoms with Crippen LogP contribution in [0.4, 0.5) is 0 Å². The minimum Gasteiger partial charge on any atom is -0.337 e. The molecule has 0 fully saturated rings. The Hall–Kier alpha value is -3.38. The monoisotopic (exact) mass is 363 g/mol. The summed E-state index contributed by atoms with van der Waals surface area (Å²) in [4.78, 5) is 4.99. The molecule has 0 unspecified atom stereocenters. The molecule has 0 saturated heterocycles. The third-order valence-corrected chi connectivity index (χ3v) is 5.83. The maximum atomic E-state index is 9.90. The van der Waals surface area contributed by atoms with Gasteiger partial charge in [0.25, 0.3) is 0 Å². The number of nitrogens with zero attached hydrogens (tertiary/aromatic N) is 3. The lowest BCUT2D eigenvalue weighted by Crippen LogP contribution is -2.04. The van der Waals surface area contributed by atoms with Crippen molar-refractivity contribution in [2.75, 3.05) is 0 Å². The summed E-state index contributed by atoms with van der Waals surface area (Å²) in [6.45, 7) is 2.79. The average molecular weight is 363 g/mol. The Bertz CT molecular complexity index is 1210. The summed E-state index contributed by atoms with van der Waals surface area (Å²) in [5.41, 5.74) is 9.89. The van der Waals surface area contributed by atoms with Gasteiger partial charge >= 0.3 is 0 Å². The fraction of sp³-hybridized carbons (Fsp3) is 0.200. The molecule has 1 aliphatic carbocycles. The van der Waals surface area contributed by atoms with Crippen molar-refractivity contribution in [3.63, 3.8) is 0 Å². The maximum absolute atomic E-state index is 9.90. The molecule has 5 rings (SSSR count). The van der Waals surface area contributed by atoms with Gasteiger partial charge in [-0.1, -0.05) is 60.7 Å². The van der Waals surface area contributed by atoms with Crippen LogP contribution in [0.2, 0.25) is 0 Å². The van der Waals surface area contributed by atoms with E-state index < -0.39 is 0 Å². The number of rotatable bonds is 3. The lowest BCUT2D eigenvalue weighted by Gasteiger charge is -2.15. The predicted octanol–water partition coefficient (Wildman–Crippen LogP) is 5.42. The van der Waals surface area contributed by atoms with Crippen molar-refractivity contribution in [3.8, 4) is 17.2 Å². The van der Waals surface area contributed by atoms with Crippen molar-refractivity contribution in [2.45, 2.75) is 32.7 Å². The van der Waals surface area contributed by atoms with Crippen LogP contribution >= 0.6 is 0 Å². The van der Waals surface area contributed by atoms with Crippen LogP contribution in [-0.2, 0) is 19.4 Å². The number of hydrogen-bond donors (Lipinski definition) is 0. The first kappa shape index (κ1) is 16.8. The first-order chi connectivity index (χ1) is 13.8. The lowest BCUT2D eigenvalue weighted by molar-refractivity contribution is 0.803. The van der Waals surface area contributed by atoms with E-state index in [-0.39, 0.29) is 0 Å². The number of aromatic nitrogens is 2. The van der Waals surface area contributed by atoms with Crippen LogP contribution < -0.4 is 0 Å². The van der Waals surface area contributed by atoms with E-state index in [2.05, 4.69) is 65.2 Å². The van der Waals surface area contributed by atoms with Crippen molar-refractivity contribution < 1.29 is 0 Å². The van der Waals surface area contributed by atoms with E-state index in [9.17, 15) is 5.26 Å². The Morgan fingerprint density at radius 3 is 2.43 bits per heavy atom. The summed E-state index contributed by atoms with van der Waals surface area (Å²) in [6, 6.07) is 23.5. The van der Waals surface area contributed by atoms with Gasteiger partial charge in [0, 0.05) is 23.5 Å². The molecule has 1 aliphatic rings. The highest BCUT2D eigenvalue weighted by atomic mass is 15.0. The highest BCUT2D eigenvalue weighted by Crippen LogP contribution is 2.40. The first-order valence-electron chi connectivity index (χ1n) is 9.82. The molecule has 136 valence electrons. The molecule has 2 heterocycles. The summed E-state index contributed by atoms with van der Waals surface area (Å²) in [7, 11) is 0. The molecule has 28 heavy (non-hydrogen) atoms. The molecular weight excluding hydrogens is 342 g/mol. The molecule has 3 heteroatoms. The van der Waals surface area contributed by atoms with Gasteiger partial charge in [-0.25, -0.2) is 4.98 Å². The summed E-state index contributed by atoms with van der Waals surface area (Å²) >= 11 is 0. The smallest absolute Gasteiger partial charge is 0.107 e. The number of fused-ring (bicyclic) bond motifs is 2. The van der Waals surface area contributed by atoms with Gasteiger partial charge in [0.1, 0.15) is 11.6 Å². The molecule has 3 nitrogen and oxygen atoms in total. The zero-order chi connectivity index (χ0) is 19.1. The zero-order valence-electron chi connectivity index (χ0n) is 15.9. The van der Waals surface area contributed by atoms with Gasteiger partial charge in [-0.3, -0.25) is 0 Å². The van der Waals surface area contributed by atoms with Crippen LogP contribution in [0.15, 0.2) is 60.7 Å². The van der Waals surface area contributed by atoms with Gasteiger partial charge in [-0.2, -0.15) is 5.26 Å². The quantitative estimate of drug-likeness (QED) is 0.488. The molecule has 0 atom stereocenters. The van der Waals surface area contributed by atoms with E-state index in [1.165, 1.54) is 27.9 Å². The van der Waals surface area contributed by atoms with Gasteiger partial charge in [0.2, 0.25) is 0 Å². The largest absolute Gasteiger partial charge is 0.337 e. The SMILES string of the molecule is Cc1c(C#N)c2nc3c(c(-c4ccccc4)c2n1Cc1ccccc1)CCC3. The van der Waals surface area contributed by atoms with Gasteiger partial charge in [-0.05, 0) is 42.9 Å². The summed E-state index contributed by atoms with van der Waals surface area (Å²) in [6.07, 6.45) is 3.19. The highest BCUT2D eigenvalue weighted by molar-refractivity contribution is 5.98. The Labute approximate surface area is 164 Å². The zero-order valence-corrected chi connectivity index (χ0v) is 15.9. The molecule has 0 saturated carbocycles. The van der Waals surface area contributed by atoms with Gasteiger partial charge in [0.05, 0.1) is 11.1 Å². The molecule has 0 bridgehead atoms. The van der Waals surface area contributed by atoms with Crippen LogP contribution in [0.3, 0.4) is 0 Å². The van der Waals surface area contributed by atoms with Gasteiger partial charge in [-0.15, -0.1) is 0 Å². The normalized spacial score (nSPS) is 12.9. The van der Waals surface area contributed by atoms with E-state index in [0.717, 1.165) is 42.5 Å². The minimum absolute atomic E-state index is 0.706. The van der Waals surface area contributed by atoms with E-state index >= 15 is 0 Å². The summed E-state index contributed by atoms with van der Waals surface area (Å²) in [5.74, 6) is 0. The van der Waals surface area contributed by atoms with Crippen molar-refractivity contribution in [3.05, 3.63) is 88.7 Å². The second kappa shape index (κ2) is 6.65. The molecule has 4 aromatic rings. The van der Waals surface area contributed by atoms with E-state index in [4.69, 9.17) is 4.98 Å². The topological polar surface area (TPSA) is 41.6 Å². The molecule has 0 radical (unpaired) electrons. The number of benzene rings is 2.